The van der Waals surface area contributed by atoms with E-state index in [0.717, 1.165) is 33.9 Å². The van der Waals surface area contributed by atoms with Crippen LogP contribution in [0.15, 0.2) is 85.2 Å². The summed E-state index contributed by atoms with van der Waals surface area (Å²) >= 11 is 5.85. The van der Waals surface area contributed by atoms with E-state index < -0.39 is 4.92 Å². The highest BCUT2D eigenvalue weighted by Gasteiger charge is 2.42. The van der Waals surface area contributed by atoms with Gasteiger partial charge < -0.3 is 14.8 Å². The van der Waals surface area contributed by atoms with Crippen molar-refractivity contribution >= 4 is 28.7 Å². The Hall–Kier alpha value is -4.04. The van der Waals surface area contributed by atoms with Crippen LogP contribution in [0, 0.1) is 24.0 Å². The van der Waals surface area contributed by atoms with Gasteiger partial charge in [-0.05, 0) is 85.7 Å². The van der Waals surface area contributed by atoms with Gasteiger partial charge in [0.2, 0.25) is 0 Å². The fourth-order valence-electron chi connectivity index (χ4n) is 4.63. The summed E-state index contributed by atoms with van der Waals surface area (Å²) < 4.78 is 2.05. The van der Waals surface area contributed by atoms with E-state index in [1.54, 1.807) is 18.3 Å². The van der Waals surface area contributed by atoms with Gasteiger partial charge in [-0.2, -0.15) is 0 Å². The number of hydrogen-bond acceptors (Lipinski definition) is 4. The predicted octanol–water partition coefficient (Wildman–Crippen LogP) is 5.57. The number of aryl methyl sites for hydroxylation is 2. The van der Waals surface area contributed by atoms with E-state index in [9.17, 15) is 10.1 Å². The third kappa shape index (κ3) is 3.92. The lowest BCUT2D eigenvalue weighted by Gasteiger charge is -2.29. The predicted molar refractivity (Wildman–Crippen MR) is 136 cm³/mol. The highest BCUT2D eigenvalue weighted by molar-refractivity contribution is 7.80. The molecular weight excluding hydrogens is 446 g/mol. The number of rotatable bonds is 5. The Labute approximate surface area is 202 Å². The molecule has 1 fully saturated rings. The number of aromatic nitrogens is 2. The van der Waals surface area contributed by atoms with Gasteiger partial charge in [0.25, 0.3) is 5.69 Å². The van der Waals surface area contributed by atoms with Gasteiger partial charge in [0, 0.05) is 41.6 Å². The lowest BCUT2D eigenvalue weighted by atomic mass is 10.00. The van der Waals surface area contributed by atoms with E-state index in [1.165, 1.54) is 12.1 Å². The van der Waals surface area contributed by atoms with Crippen LogP contribution in [-0.2, 0) is 0 Å². The first kappa shape index (κ1) is 21.8. The zero-order valence-corrected chi connectivity index (χ0v) is 19.6. The third-order valence-corrected chi connectivity index (χ3v) is 6.32. The minimum absolute atomic E-state index is 0.0596. The molecule has 3 heterocycles. The highest BCUT2D eigenvalue weighted by Crippen LogP contribution is 2.42. The molecule has 5 rings (SSSR count). The van der Waals surface area contributed by atoms with Crippen LogP contribution in [0.4, 0.5) is 11.4 Å². The van der Waals surface area contributed by atoms with E-state index in [-0.39, 0.29) is 17.8 Å². The van der Waals surface area contributed by atoms with Crippen molar-refractivity contribution in [1.82, 2.24) is 14.9 Å². The van der Waals surface area contributed by atoms with Crippen molar-refractivity contribution in [2.24, 2.45) is 0 Å². The van der Waals surface area contributed by atoms with Crippen LogP contribution in [0.25, 0.3) is 5.69 Å². The summed E-state index contributed by atoms with van der Waals surface area (Å²) in [4.78, 5) is 17.5. The summed E-state index contributed by atoms with van der Waals surface area (Å²) in [6.45, 7) is 4.15. The Morgan fingerprint density at radius 2 is 1.71 bits per heavy atom. The highest BCUT2D eigenvalue weighted by atomic mass is 32.1. The number of non-ortho nitro benzene ring substituents is 1. The van der Waals surface area contributed by atoms with Crippen LogP contribution in [-0.4, -0.2) is 19.6 Å². The molecule has 4 aromatic rings. The molecule has 0 spiro atoms. The van der Waals surface area contributed by atoms with E-state index in [0.29, 0.717) is 5.11 Å². The average molecular weight is 470 g/mol. The Morgan fingerprint density at radius 1 is 0.971 bits per heavy atom. The first-order valence-electron chi connectivity index (χ1n) is 10.9. The number of nitrogens with zero attached hydrogens (tertiary/aromatic N) is 4. The maximum atomic E-state index is 11.1. The number of hydrogen-bond donors (Lipinski definition) is 1. The van der Waals surface area contributed by atoms with Crippen molar-refractivity contribution < 1.29 is 4.92 Å². The largest absolute Gasteiger partial charge is 0.351 e. The van der Waals surface area contributed by atoms with Crippen molar-refractivity contribution in [2.75, 3.05) is 4.90 Å². The molecule has 1 aliphatic rings. The topological polar surface area (TPSA) is 76.2 Å². The SMILES string of the molecule is Cc1cc(C)cc(N2C(=S)N[C@@H](c3ccccn3)[C@H]2c2cccn2-c2ccc([N+](=O)[O-])cc2)c1. The van der Waals surface area contributed by atoms with Crippen molar-refractivity contribution in [3.05, 3.63) is 118 Å². The van der Waals surface area contributed by atoms with Crippen molar-refractivity contribution in [1.29, 1.82) is 0 Å². The minimum Gasteiger partial charge on any atom is -0.351 e. The monoisotopic (exact) mass is 469 g/mol. The second-order valence-corrected chi connectivity index (χ2v) is 8.81. The molecule has 2 atom stereocenters. The van der Waals surface area contributed by atoms with E-state index in [1.807, 2.05) is 30.5 Å². The number of nitrogens with one attached hydrogen (secondary N) is 1. The summed E-state index contributed by atoms with van der Waals surface area (Å²) in [7, 11) is 0. The molecule has 2 aromatic heterocycles. The zero-order chi connectivity index (χ0) is 23.8. The van der Waals surface area contributed by atoms with Crippen LogP contribution < -0.4 is 10.2 Å². The van der Waals surface area contributed by atoms with Crippen molar-refractivity contribution in [3.8, 4) is 5.69 Å². The molecule has 0 aliphatic carbocycles. The average Bonchev–Trinajstić information content (AvgIpc) is 3.43. The molecule has 0 bridgehead atoms. The summed E-state index contributed by atoms with van der Waals surface area (Å²) in [6.07, 6.45) is 3.75. The maximum absolute atomic E-state index is 11.1. The number of anilines is 1. The second kappa shape index (κ2) is 8.72. The Bertz CT molecular complexity index is 1350. The molecule has 170 valence electrons. The molecule has 1 saturated heterocycles. The molecular formula is C26H23N5O2S. The van der Waals surface area contributed by atoms with Crippen LogP contribution in [0.1, 0.15) is 34.6 Å². The van der Waals surface area contributed by atoms with E-state index in [2.05, 4.69) is 57.9 Å². The Balaban J connectivity index is 1.66. The molecule has 34 heavy (non-hydrogen) atoms. The normalized spacial score (nSPS) is 17.6. The van der Waals surface area contributed by atoms with Crippen molar-refractivity contribution in [3.63, 3.8) is 0 Å². The molecule has 0 unspecified atom stereocenters. The van der Waals surface area contributed by atoms with Crippen LogP contribution in [0.2, 0.25) is 0 Å². The Morgan fingerprint density at radius 3 is 2.35 bits per heavy atom. The van der Waals surface area contributed by atoms with Crippen LogP contribution in [0.5, 0.6) is 0 Å². The fourth-order valence-corrected chi connectivity index (χ4v) is 4.97. The number of thiocarbonyl (C=S) groups is 1. The summed E-state index contributed by atoms with van der Waals surface area (Å²) in [5.41, 5.74) is 6.10. The quantitative estimate of drug-likeness (QED) is 0.234. The summed E-state index contributed by atoms with van der Waals surface area (Å²) in [6, 6.07) is 22.5. The molecule has 8 heteroatoms. The van der Waals surface area contributed by atoms with Gasteiger partial charge in [0.15, 0.2) is 5.11 Å². The van der Waals surface area contributed by atoms with Gasteiger partial charge in [-0.3, -0.25) is 15.1 Å². The second-order valence-electron chi connectivity index (χ2n) is 8.42. The van der Waals surface area contributed by atoms with Gasteiger partial charge in [0.05, 0.1) is 16.7 Å². The third-order valence-electron chi connectivity index (χ3n) is 6.00. The smallest absolute Gasteiger partial charge is 0.269 e. The number of pyridine rings is 1. The molecule has 1 aliphatic heterocycles. The molecule has 0 amide bonds. The first-order chi connectivity index (χ1) is 16.4. The van der Waals surface area contributed by atoms with E-state index >= 15 is 0 Å². The molecule has 0 radical (unpaired) electrons. The van der Waals surface area contributed by atoms with Gasteiger partial charge >= 0.3 is 0 Å². The maximum Gasteiger partial charge on any atom is 0.269 e. The molecule has 2 aromatic carbocycles. The fraction of sp³-hybridized carbons (Fsp3) is 0.154. The number of nitro groups is 1. The summed E-state index contributed by atoms with van der Waals surface area (Å²) in [5.74, 6) is 0. The minimum atomic E-state index is -0.390. The van der Waals surface area contributed by atoms with Gasteiger partial charge in [-0.25, -0.2) is 0 Å². The van der Waals surface area contributed by atoms with Gasteiger partial charge in [-0.15, -0.1) is 0 Å². The number of nitro benzene ring substituents is 1. The van der Waals surface area contributed by atoms with Crippen LogP contribution >= 0.6 is 12.2 Å². The lowest BCUT2D eigenvalue weighted by molar-refractivity contribution is -0.384. The standard InChI is InChI=1S/C26H23N5O2S/c1-17-14-18(2)16-21(15-17)30-25(24(28-26(30)34)22-6-3-4-12-27-22)23-7-5-13-29(23)19-8-10-20(11-9-19)31(32)33/h3-16,24-25H,1-2H3,(H,28,34)/t24-,25+/m0/s1. The molecule has 1 N–H and O–H groups in total. The van der Waals surface area contributed by atoms with Gasteiger partial charge in [0.1, 0.15) is 6.04 Å². The van der Waals surface area contributed by atoms with Gasteiger partial charge in [-0.1, -0.05) is 12.1 Å². The zero-order valence-electron chi connectivity index (χ0n) is 18.8. The van der Waals surface area contributed by atoms with Crippen LogP contribution in [0.3, 0.4) is 0 Å². The Kier molecular flexibility index (Phi) is 5.59. The van der Waals surface area contributed by atoms with E-state index in [4.69, 9.17) is 12.2 Å². The lowest BCUT2D eigenvalue weighted by Crippen LogP contribution is -2.30. The summed E-state index contributed by atoms with van der Waals surface area (Å²) in [5, 5.41) is 15.2. The molecule has 0 saturated carbocycles. The molecule has 7 nitrogen and oxygen atoms in total. The number of benzene rings is 2. The van der Waals surface area contributed by atoms with Crippen molar-refractivity contribution in [2.45, 2.75) is 25.9 Å². The first-order valence-corrected chi connectivity index (χ1v) is 11.3.